The van der Waals surface area contributed by atoms with Crippen LogP contribution in [-0.2, 0) is 9.59 Å². The van der Waals surface area contributed by atoms with Gasteiger partial charge in [0.05, 0.1) is 5.92 Å². The van der Waals surface area contributed by atoms with E-state index in [2.05, 4.69) is 13.8 Å². The van der Waals surface area contributed by atoms with Gasteiger partial charge in [-0.2, -0.15) is 0 Å². The molecule has 0 aromatic carbocycles. The molecule has 1 saturated heterocycles. The van der Waals surface area contributed by atoms with Crippen LogP contribution < -0.4 is 0 Å². The van der Waals surface area contributed by atoms with Crippen molar-refractivity contribution in [2.45, 2.75) is 32.7 Å². The highest BCUT2D eigenvalue weighted by Crippen LogP contribution is 2.39. The van der Waals surface area contributed by atoms with E-state index in [1.807, 2.05) is 0 Å². The number of likely N-dealkylation sites (tertiary alicyclic amines) is 1. The molecular weight excluding hydrogens is 194 g/mol. The van der Waals surface area contributed by atoms with E-state index in [1.54, 1.807) is 4.90 Å². The third-order valence-electron chi connectivity index (χ3n) is 4.03. The van der Waals surface area contributed by atoms with E-state index in [9.17, 15) is 9.59 Å². The number of hydrogen-bond acceptors (Lipinski definition) is 2. The Balaban J connectivity index is 2.00. The Hall–Kier alpha value is -1.06. The average molecular weight is 211 g/mol. The van der Waals surface area contributed by atoms with Gasteiger partial charge in [-0.05, 0) is 18.3 Å². The first kappa shape index (κ1) is 10.5. The highest BCUT2D eigenvalue weighted by atomic mass is 16.4. The average Bonchev–Trinajstić information content (AvgIpc) is 2.56. The van der Waals surface area contributed by atoms with Gasteiger partial charge >= 0.3 is 5.97 Å². The van der Waals surface area contributed by atoms with Crippen LogP contribution in [0.1, 0.15) is 26.7 Å². The Morgan fingerprint density at radius 2 is 2.13 bits per heavy atom. The summed E-state index contributed by atoms with van der Waals surface area (Å²) in [5, 5.41) is 8.86. The van der Waals surface area contributed by atoms with Gasteiger partial charge in [-0.25, -0.2) is 0 Å². The summed E-state index contributed by atoms with van der Waals surface area (Å²) in [5.74, 6) is -0.134. The summed E-state index contributed by atoms with van der Waals surface area (Å²) in [7, 11) is 0. The van der Waals surface area contributed by atoms with Gasteiger partial charge in [0.2, 0.25) is 5.91 Å². The van der Waals surface area contributed by atoms with E-state index >= 15 is 0 Å². The molecule has 1 N–H and O–H groups in total. The molecule has 4 atom stereocenters. The zero-order chi connectivity index (χ0) is 11.2. The van der Waals surface area contributed by atoms with E-state index in [0.29, 0.717) is 18.4 Å². The van der Waals surface area contributed by atoms with Gasteiger partial charge in [-0.15, -0.1) is 0 Å². The van der Waals surface area contributed by atoms with Gasteiger partial charge < -0.3 is 10.0 Å². The number of amides is 1. The van der Waals surface area contributed by atoms with E-state index in [4.69, 9.17) is 5.11 Å². The van der Waals surface area contributed by atoms with Crippen LogP contribution >= 0.6 is 0 Å². The normalized spacial score (nSPS) is 40.4. The first-order chi connectivity index (χ1) is 7.00. The molecule has 0 bridgehead atoms. The Morgan fingerprint density at radius 3 is 2.53 bits per heavy atom. The molecule has 0 aromatic heterocycles. The first-order valence-corrected chi connectivity index (χ1v) is 5.53. The summed E-state index contributed by atoms with van der Waals surface area (Å²) in [6.45, 7) is 4.73. The molecule has 1 aliphatic heterocycles. The monoisotopic (exact) mass is 211 g/mol. The van der Waals surface area contributed by atoms with Crippen molar-refractivity contribution in [3.05, 3.63) is 0 Å². The van der Waals surface area contributed by atoms with Crippen molar-refractivity contribution in [3.8, 4) is 0 Å². The lowest BCUT2D eigenvalue weighted by Crippen LogP contribution is -2.51. The number of hydrogen-bond donors (Lipinski definition) is 1. The molecule has 1 saturated carbocycles. The van der Waals surface area contributed by atoms with E-state index < -0.39 is 11.9 Å². The fourth-order valence-electron chi connectivity index (χ4n) is 2.62. The van der Waals surface area contributed by atoms with Crippen LogP contribution in [-0.4, -0.2) is 34.5 Å². The molecule has 1 heterocycles. The van der Waals surface area contributed by atoms with Gasteiger partial charge in [-0.1, -0.05) is 13.8 Å². The van der Waals surface area contributed by atoms with Crippen LogP contribution in [0, 0.1) is 17.8 Å². The standard InChI is InChI=1S/C11H17NO3/c1-6-3-9(7(6)2)12-5-8(11(14)15)4-10(12)13/h6-9H,3-5H2,1-2H3,(H,14,15). The molecule has 4 nitrogen and oxygen atoms in total. The van der Waals surface area contributed by atoms with Crippen LogP contribution in [0.25, 0.3) is 0 Å². The van der Waals surface area contributed by atoms with Crippen molar-refractivity contribution in [2.24, 2.45) is 17.8 Å². The highest BCUT2D eigenvalue weighted by Gasteiger charge is 2.45. The van der Waals surface area contributed by atoms with Crippen molar-refractivity contribution in [3.63, 3.8) is 0 Å². The maximum atomic E-state index is 11.6. The Labute approximate surface area is 89.3 Å². The molecular formula is C11H17NO3. The van der Waals surface area contributed by atoms with Gasteiger partial charge in [0.1, 0.15) is 0 Å². The minimum absolute atomic E-state index is 0.0196. The lowest BCUT2D eigenvalue weighted by molar-refractivity contribution is -0.141. The van der Waals surface area contributed by atoms with Crippen LogP contribution in [0.5, 0.6) is 0 Å². The van der Waals surface area contributed by atoms with Gasteiger partial charge in [-0.3, -0.25) is 9.59 Å². The summed E-state index contributed by atoms with van der Waals surface area (Å²) in [5.41, 5.74) is 0. The molecule has 2 rings (SSSR count). The number of carbonyl (C=O) groups is 2. The van der Waals surface area contributed by atoms with Crippen LogP contribution in [0.2, 0.25) is 0 Å². The summed E-state index contributed by atoms with van der Waals surface area (Å²) < 4.78 is 0. The van der Waals surface area contributed by atoms with E-state index in [-0.39, 0.29) is 18.4 Å². The second-order valence-electron chi connectivity index (χ2n) is 4.92. The molecule has 2 aliphatic rings. The maximum Gasteiger partial charge on any atom is 0.308 e. The lowest BCUT2D eigenvalue weighted by Gasteiger charge is -2.46. The fraction of sp³-hybridized carbons (Fsp3) is 0.818. The van der Waals surface area contributed by atoms with Crippen LogP contribution in [0.3, 0.4) is 0 Å². The summed E-state index contributed by atoms with van der Waals surface area (Å²) in [6.07, 6.45) is 1.21. The minimum atomic E-state index is -0.842. The summed E-state index contributed by atoms with van der Waals surface area (Å²) in [6, 6.07) is 0.289. The smallest absolute Gasteiger partial charge is 0.308 e. The Bertz CT molecular complexity index is 302. The molecule has 0 aromatic rings. The summed E-state index contributed by atoms with van der Waals surface area (Å²) >= 11 is 0. The SMILES string of the molecule is CC1CC(N2CC(C(=O)O)CC2=O)C1C. The fourth-order valence-corrected chi connectivity index (χ4v) is 2.62. The largest absolute Gasteiger partial charge is 0.481 e. The van der Waals surface area contributed by atoms with E-state index in [0.717, 1.165) is 6.42 Å². The summed E-state index contributed by atoms with van der Waals surface area (Å²) in [4.78, 5) is 24.2. The molecule has 4 unspecified atom stereocenters. The van der Waals surface area contributed by atoms with E-state index in [1.165, 1.54) is 0 Å². The molecule has 1 aliphatic carbocycles. The van der Waals surface area contributed by atoms with Crippen molar-refractivity contribution < 1.29 is 14.7 Å². The second kappa shape index (κ2) is 3.51. The molecule has 1 amide bonds. The molecule has 2 fully saturated rings. The van der Waals surface area contributed by atoms with Gasteiger partial charge in [0.15, 0.2) is 0 Å². The molecule has 84 valence electrons. The predicted molar refractivity (Wildman–Crippen MR) is 54.2 cm³/mol. The minimum Gasteiger partial charge on any atom is -0.481 e. The molecule has 0 radical (unpaired) electrons. The number of rotatable bonds is 2. The lowest BCUT2D eigenvalue weighted by atomic mass is 9.71. The third kappa shape index (κ3) is 1.62. The maximum absolute atomic E-state index is 11.6. The zero-order valence-electron chi connectivity index (χ0n) is 9.14. The van der Waals surface area contributed by atoms with Crippen molar-refractivity contribution >= 4 is 11.9 Å². The quantitative estimate of drug-likeness (QED) is 0.740. The molecule has 4 heteroatoms. The first-order valence-electron chi connectivity index (χ1n) is 5.53. The van der Waals surface area contributed by atoms with Crippen molar-refractivity contribution in [1.82, 2.24) is 4.90 Å². The van der Waals surface area contributed by atoms with Crippen LogP contribution in [0.15, 0.2) is 0 Å². The predicted octanol–water partition coefficient (Wildman–Crippen LogP) is 0.964. The number of aliphatic carboxylic acids is 1. The van der Waals surface area contributed by atoms with Gasteiger partial charge in [0, 0.05) is 19.0 Å². The number of nitrogens with zero attached hydrogens (tertiary/aromatic N) is 1. The molecule has 15 heavy (non-hydrogen) atoms. The van der Waals surface area contributed by atoms with Gasteiger partial charge in [0.25, 0.3) is 0 Å². The number of carboxylic acids is 1. The Kier molecular flexibility index (Phi) is 2.44. The van der Waals surface area contributed by atoms with Crippen LogP contribution in [0.4, 0.5) is 0 Å². The number of carboxylic acid groups (broad SMARTS) is 1. The third-order valence-corrected chi connectivity index (χ3v) is 4.03. The molecule has 0 spiro atoms. The van der Waals surface area contributed by atoms with Crippen molar-refractivity contribution in [1.29, 1.82) is 0 Å². The second-order valence-corrected chi connectivity index (χ2v) is 4.92. The highest BCUT2D eigenvalue weighted by molar-refractivity contribution is 5.86. The Morgan fingerprint density at radius 1 is 1.47 bits per heavy atom. The zero-order valence-corrected chi connectivity index (χ0v) is 9.14. The topological polar surface area (TPSA) is 57.6 Å². The number of carbonyl (C=O) groups excluding carboxylic acids is 1. The van der Waals surface area contributed by atoms with Crippen molar-refractivity contribution in [2.75, 3.05) is 6.54 Å².